The minimum atomic E-state index is -1.08. The van der Waals surface area contributed by atoms with Gasteiger partial charge in [0, 0.05) is 5.56 Å². The summed E-state index contributed by atoms with van der Waals surface area (Å²) in [4.78, 5) is 23.1. The molecule has 0 saturated heterocycles. The number of carboxylic acids is 2. The summed E-state index contributed by atoms with van der Waals surface area (Å²) in [6.07, 6.45) is -0.0173. The van der Waals surface area contributed by atoms with Crippen molar-refractivity contribution in [2.24, 2.45) is 5.92 Å². The Morgan fingerprint density at radius 1 is 0.931 bits per heavy atom. The van der Waals surface area contributed by atoms with Gasteiger partial charge in [0.1, 0.15) is 12.1 Å². The molecule has 0 amide bonds. The smallest absolute Gasteiger partial charge is 0.321 e. The van der Waals surface area contributed by atoms with Gasteiger partial charge in [0.25, 0.3) is 6.29 Å². The standard InChI is InChI=1S/C22H25NO6/c1-13(2)11-16(20(24)25)23-17(21(26)27)12-14-7-9-15(10-8-14)22-28-18-5-3-4-6-19(18)29-22/h3-10,13,16-17,22-23H,11-12H2,1-2H3,(H,24,25)(H,26,27)/t16-,17?/m0/s1. The molecule has 0 bridgehead atoms. The number of hydrogen-bond donors (Lipinski definition) is 3. The maximum atomic E-state index is 11.7. The van der Waals surface area contributed by atoms with Crippen LogP contribution in [0.25, 0.3) is 0 Å². The first-order valence-corrected chi connectivity index (χ1v) is 9.56. The van der Waals surface area contributed by atoms with Crippen molar-refractivity contribution in [2.45, 2.75) is 45.1 Å². The zero-order valence-electron chi connectivity index (χ0n) is 16.4. The first-order chi connectivity index (χ1) is 13.8. The van der Waals surface area contributed by atoms with Crippen LogP contribution in [0, 0.1) is 5.92 Å². The average molecular weight is 399 g/mol. The van der Waals surface area contributed by atoms with Crippen molar-refractivity contribution >= 4 is 11.9 Å². The number of rotatable bonds is 9. The summed E-state index contributed by atoms with van der Waals surface area (Å²) < 4.78 is 11.5. The number of carbonyl (C=O) groups is 2. The van der Waals surface area contributed by atoms with E-state index in [0.717, 1.165) is 11.1 Å². The maximum absolute atomic E-state index is 11.7. The number of hydrogen-bond acceptors (Lipinski definition) is 5. The molecule has 1 aliphatic rings. The quantitative estimate of drug-likeness (QED) is 0.594. The Morgan fingerprint density at radius 3 is 1.97 bits per heavy atom. The monoisotopic (exact) mass is 399 g/mol. The summed E-state index contributed by atoms with van der Waals surface area (Å²) in [5, 5.41) is 21.7. The Balaban J connectivity index is 1.65. The van der Waals surface area contributed by atoms with Crippen LogP contribution in [0.3, 0.4) is 0 Å². The van der Waals surface area contributed by atoms with Crippen molar-refractivity contribution in [1.29, 1.82) is 0 Å². The molecular formula is C22H25NO6. The molecule has 2 aromatic rings. The Labute approximate surface area is 169 Å². The first kappa shape index (κ1) is 20.7. The summed E-state index contributed by atoms with van der Waals surface area (Å²) in [7, 11) is 0. The van der Waals surface area contributed by atoms with Crippen LogP contribution in [-0.2, 0) is 16.0 Å². The summed E-state index contributed by atoms with van der Waals surface area (Å²) >= 11 is 0. The number of fused-ring (bicyclic) bond motifs is 1. The molecule has 7 heteroatoms. The zero-order chi connectivity index (χ0) is 21.0. The fourth-order valence-corrected chi connectivity index (χ4v) is 3.25. The minimum absolute atomic E-state index is 0.132. The van der Waals surface area contributed by atoms with Gasteiger partial charge in [-0.25, -0.2) is 0 Å². The molecule has 29 heavy (non-hydrogen) atoms. The van der Waals surface area contributed by atoms with E-state index in [2.05, 4.69) is 5.32 Å². The lowest BCUT2D eigenvalue weighted by Gasteiger charge is -2.22. The number of carboxylic acid groups (broad SMARTS) is 2. The third kappa shape index (κ3) is 5.26. The van der Waals surface area contributed by atoms with Gasteiger partial charge < -0.3 is 19.7 Å². The predicted molar refractivity (Wildman–Crippen MR) is 106 cm³/mol. The van der Waals surface area contributed by atoms with Gasteiger partial charge in [0.15, 0.2) is 11.5 Å². The van der Waals surface area contributed by atoms with E-state index in [0.29, 0.717) is 17.9 Å². The fourth-order valence-electron chi connectivity index (χ4n) is 3.25. The van der Waals surface area contributed by atoms with Crippen LogP contribution in [0.15, 0.2) is 48.5 Å². The summed E-state index contributed by atoms with van der Waals surface area (Å²) in [5.74, 6) is -0.631. The van der Waals surface area contributed by atoms with Crippen LogP contribution in [0.5, 0.6) is 11.5 Å². The Bertz CT molecular complexity index is 839. The van der Waals surface area contributed by atoms with Gasteiger partial charge in [0.2, 0.25) is 0 Å². The first-order valence-electron chi connectivity index (χ1n) is 9.56. The Kier molecular flexibility index (Phi) is 6.39. The van der Waals surface area contributed by atoms with Crippen LogP contribution >= 0.6 is 0 Å². The van der Waals surface area contributed by atoms with Crippen LogP contribution in [0.4, 0.5) is 0 Å². The van der Waals surface area contributed by atoms with E-state index in [1.54, 1.807) is 12.1 Å². The van der Waals surface area contributed by atoms with Crippen LogP contribution in [0.1, 0.15) is 37.7 Å². The third-order valence-corrected chi connectivity index (χ3v) is 4.71. The number of para-hydroxylation sites is 2. The Morgan fingerprint density at radius 2 is 1.48 bits per heavy atom. The van der Waals surface area contributed by atoms with Gasteiger partial charge >= 0.3 is 11.9 Å². The molecule has 0 aromatic heterocycles. The number of ether oxygens (including phenoxy) is 2. The second-order valence-corrected chi connectivity index (χ2v) is 7.54. The van der Waals surface area contributed by atoms with Crippen molar-refractivity contribution in [1.82, 2.24) is 5.32 Å². The molecule has 0 radical (unpaired) electrons. The minimum Gasteiger partial charge on any atom is -0.480 e. The van der Waals surface area contributed by atoms with E-state index in [1.165, 1.54) is 0 Å². The van der Waals surface area contributed by atoms with E-state index < -0.39 is 30.3 Å². The summed E-state index contributed by atoms with van der Waals surface area (Å²) in [5.41, 5.74) is 1.59. The Hall–Kier alpha value is -3.06. The molecule has 1 heterocycles. The van der Waals surface area contributed by atoms with E-state index >= 15 is 0 Å². The average Bonchev–Trinajstić information content (AvgIpc) is 3.11. The van der Waals surface area contributed by atoms with Crippen LogP contribution < -0.4 is 14.8 Å². The highest BCUT2D eigenvalue weighted by atomic mass is 16.7. The molecular weight excluding hydrogens is 374 g/mol. The maximum Gasteiger partial charge on any atom is 0.321 e. The van der Waals surface area contributed by atoms with Crippen LogP contribution in [-0.4, -0.2) is 34.2 Å². The normalized spacial score (nSPS) is 15.3. The largest absolute Gasteiger partial charge is 0.480 e. The lowest BCUT2D eigenvalue weighted by Crippen LogP contribution is -2.48. The van der Waals surface area contributed by atoms with Gasteiger partial charge in [-0.05, 0) is 36.5 Å². The number of benzene rings is 2. The molecule has 1 aliphatic heterocycles. The molecule has 0 fully saturated rings. The SMILES string of the molecule is CC(C)C[C@H](NC(Cc1ccc(C2Oc3ccccc3O2)cc1)C(=O)O)C(=O)O. The predicted octanol–water partition coefficient (Wildman–Crippen LogP) is 3.24. The lowest BCUT2D eigenvalue weighted by atomic mass is 10.00. The van der Waals surface area contributed by atoms with Gasteiger partial charge in [-0.15, -0.1) is 0 Å². The molecule has 0 saturated carbocycles. The molecule has 154 valence electrons. The third-order valence-electron chi connectivity index (χ3n) is 4.71. The van der Waals surface area contributed by atoms with Crippen molar-refractivity contribution in [3.63, 3.8) is 0 Å². The van der Waals surface area contributed by atoms with Crippen molar-refractivity contribution in [3.8, 4) is 11.5 Å². The van der Waals surface area contributed by atoms with E-state index in [4.69, 9.17) is 9.47 Å². The molecule has 0 aliphatic carbocycles. The molecule has 0 spiro atoms. The van der Waals surface area contributed by atoms with E-state index in [9.17, 15) is 19.8 Å². The molecule has 2 atom stereocenters. The molecule has 1 unspecified atom stereocenters. The van der Waals surface area contributed by atoms with Gasteiger partial charge in [-0.2, -0.15) is 0 Å². The number of nitrogens with one attached hydrogen (secondary N) is 1. The van der Waals surface area contributed by atoms with Crippen LogP contribution in [0.2, 0.25) is 0 Å². The highest BCUT2D eigenvalue weighted by Gasteiger charge is 2.28. The fraction of sp³-hybridized carbons (Fsp3) is 0.364. The molecule has 2 aromatic carbocycles. The van der Waals surface area contributed by atoms with Crippen molar-refractivity contribution < 1.29 is 29.3 Å². The summed E-state index contributed by atoms with van der Waals surface area (Å²) in [6.45, 7) is 3.80. The van der Waals surface area contributed by atoms with Gasteiger partial charge in [-0.1, -0.05) is 50.2 Å². The van der Waals surface area contributed by atoms with Crippen molar-refractivity contribution in [3.05, 3.63) is 59.7 Å². The lowest BCUT2D eigenvalue weighted by molar-refractivity contribution is -0.142. The zero-order valence-corrected chi connectivity index (χ0v) is 16.4. The molecule has 3 rings (SSSR count). The topological polar surface area (TPSA) is 105 Å². The van der Waals surface area contributed by atoms with E-state index in [-0.39, 0.29) is 12.3 Å². The molecule has 3 N–H and O–H groups in total. The second-order valence-electron chi connectivity index (χ2n) is 7.54. The second kappa shape index (κ2) is 8.96. The van der Waals surface area contributed by atoms with Gasteiger partial charge in [-0.3, -0.25) is 14.9 Å². The highest BCUT2D eigenvalue weighted by Crippen LogP contribution is 2.39. The molecule has 7 nitrogen and oxygen atoms in total. The highest BCUT2D eigenvalue weighted by molar-refractivity contribution is 5.77. The number of aliphatic carboxylic acids is 2. The van der Waals surface area contributed by atoms with Gasteiger partial charge in [0.05, 0.1) is 0 Å². The van der Waals surface area contributed by atoms with E-state index in [1.807, 2.05) is 50.2 Å². The van der Waals surface area contributed by atoms with Crippen molar-refractivity contribution in [2.75, 3.05) is 0 Å². The summed E-state index contributed by atoms with van der Waals surface area (Å²) in [6, 6.07) is 12.8.